The van der Waals surface area contributed by atoms with Gasteiger partial charge in [0.25, 0.3) is 0 Å². The maximum Gasteiger partial charge on any atom is 0.317 e. The Morgan fingerprint density at radius 2 is 1.88 bits per heavy atom. The second-order valence-corrected chi connectivity index (χ2v) is 10.8. The summed E-state index contributed by atoms with van der Waals surface area (Å²) in [5, 5.41) is 9.58. The second-order valence-electron chi connectivity index (χ2n) is 10.8. The van der Waals surface area contributed by atoms with Crippen LogP contribution in [0.4, 0.5) is 4.79 Å². The highest BCUT2D eigenvalue weighted by atomic mass is 16.2. The third kappa shape index (κ3) is 2.95. The summed E-state index contributed by atoms with van der Waals surface area (Å²) in [4.78, 5) is 20.0. The minimum absolute atomic E-state index is 0.0378. The van der Waals surface area contributed by atoms with Gasteiger partial charge in [0.1, 0.15) is 0 Å². The number of aromatic nitrogens is 3. The zero-order valence-electron chi connectivity index (χ0n) is 19.1. The number of fused-ring (bicyclic) bond motifs is 3. The molecule has 4 heterocycles. The molecule has 0 bridgehead atoms. The first-order valence-corrected chi connectivity index (χ1v) is 12.6. The van der Waals surface area contributed by atoms with E-state index < -0.39 is 0 Å². The molecule has 1 aromatic carbocycles. The first-order chi connectivity index (χ1) is 16.1. The average Bonchev–Trinajstić information content (AvgIpc) is 3.47. The number of urea groups is 1. The number of carbonyl (C=O) groups excluding carboxylic acids is 1. The topological polar surface area (TPSA) is 63.1 Å². The van der Waals surface area contributed by atoms with Crippen LogP contribution in [-0.4, -0.2) is 44.3 Å². The number of hydrogen-bond donors (Lipinski definition) is 1. The molecule has 1 unspecified atom stereocenters. The van der Waals surface area contributed by atoms with Crippen LogP contribution in [-0.2, 0) is 12.0 Å². The van der Waals surface area contributed by atoms with Gasteiger partial charge >= 0.3 is 6.03 Å². The molecule has 2 aliphatic carbocycles. The Labute approximate surface area is 194 Å². The lowest BCUT2D eigenvalue weighted by Crippen LogP contribution is -2.62. The normalized spacial score (nSPS) is 25.8. The summed E-state index contributed by atoms with van der Waals surface area (Å²) in [6, 6.07) is 12.8. The molecule has 1 N–H and O–H groups in total. The summed E-state index contributed by atoms with van der Waals surface area (Å²) in [6.45, 7) is 2.57. The zero-order valence-corrected chi connectivity index (χ0v) is 19.1. The Morgan fingerprint density at radius 3 is 2.67 bits per heavy atom. The molecule has 3 fully saturated rings. The van der Waals surface area contributed by atoms with E-state index in [-0.39, 0.29) is 17.0 Å². The van der Waals surface area contributed by atoms with Gasteiger partial charge in [-0.3, -0.25) is 9.67 Å². The van der Waals surface area contributed by atoms with Gasteiger partial charge in [-0.15, -0.1) is 0 Å². The van der Waals surface area contributed by atoms with E-state index in [9.17, 15) is 4.79 Å². The van der Waals surface area contributed by atoms with Gasteiger partial charge in [0, 0.05) is 53.4 Å². The fraction of sp³-hybridized carbons (Fsp3) is 0.519. The van der Waals surface area contributed by atoms with Crippen LogP contribution in [0.15, 0.2) is 42.6 Å². The Morgan fingerprint density at radius 1 is 1.03 bits per heavy atom. The van der Waals surface area contributed by atoms with Gasteiger partial charge in [0.2, 0.25) is 0 Å². The van der Waals surface area contributed by atoms with Crippen molar-refractivity contribution in [2.24, 2.45) is 5.92 Å². The average molecular weight is 442 g/mol. The van der Waals surface area contributed by atoms with Crippen LogP contribution in [0.25, 0.3) is 22.2 Å². The van der Waals surface area contributed by atoms with E-state index in [1.165, 1.54) is 31.4 Å². The first kappa shape index (κ1) is 19.6. The van der Waals surface area contributed by atoms with E-state index >= 15 is 0 Å². The molecule has 3 aromatic rings. The summed E-state index contributed by atoms with van der Waals surface area (Å²) in [5.41, 5.74) is 4.48. The minimum atomic E-state index is 0.0378. The highest BCUT2D eigenvalue weighted by molar-refractivity contribution is 5.83. The third-order valence-electron chi connectivity index (χ3n) is 9.14. The predicted molar refractivity (Wildman–Crippen MR) is 128 cm³/mol. The van der Waals surface area contributed by atoms with Crippen molar-refractivity contribution >= 4 is 16.9 Å². The van der Waals surface area contributed by atoms with Gasteiger partial charge in [-0.05, 0) is 69.1 Å². The van der Waals surface area contributed by atoms with Crippen molar-refractivity contribution in [2.75, 3.05) is 13.1 Å². The van der Waals surface area contributed by atoms with Crippen molar-refractivity contribution in [2.45, 2.75) is 68.9 Å². The molecule has 7 rings (SSSR count). The minimum Gasteiger partial charge on any atom is -0.332 e. The van der Waals surface area contributed by atoms with Crippen LogP contribution < -0.4 is 5.32 Å². The number of amides is 2. The standard InChI is InChI=1S/C27H31N5O/c33-25(29-27(9-4-10-27)21-6-3-7-21)31-13-11-26(18-31)12-14-32-24(26)16-23(30-32)20-15-19-5-1-2-8-22(19)28-17-20/h1-2,5,8,15-17,21H,3-4,6-7,9-14,18H2,(H,29,33). The number of nitrogens with one attached hydrogen (secondary N) is 1. The van der Waals surface area contributed by atoms with E-state index in [2.05, 4.69) is 38.1 Å². The van der Waals surface area contributed by atoms with Crippen LogP contribution in [0, 0.1) is 5.92 Å². The number of para-hydroxylation sites is 1. The van der Waals surface area contributed by atoms with E-state index in [1.807, 2.05) is 24.4 Å². The van der Waals surface area contributed by atoms with Gasteiger partial charge in [-0.2, -0.15) is 5.10 Å². The van der Waals surface area contributed by atoms with Crippen molar-refractivity contribution in [3.63, 3.8) is 0 Å². The lowest BCUT2D eigenvalue weighted by atomic mass is 9.61. The first-order valence-electron chi connectivity index (χ1n) is 12.6. The highest BCUT2D eigenvalue weighted by Gasteiger charge is 2.50. The zero-order chi connectivity index (χ0) is 22.0. The molecule has 0 radical (unpaired) electrons. The molecule has 2 aromatic heterocycles. The number of hydrogen-bond acceptors (Lipinski definition) is 3. The van der Waals surface area contributed by atoms with Crippen LogP contribution >= 0.6 is 0 Å². The Hall–Kier alpha value is -2.89. The Balaban J connectivity index is 1.12. The maximum atomic E-state index is 13.3. The Bertz CT molecular complexity index is 1240. The summed E-state index contributed by atoms with van der Waals surface area (Å²) in [5.74, 6) is 0.706. The number of carbonyl (C=O) groups is 1. The maximum absolute atomic E-state index is 13.3. The van der Waals surface area contributed by atoms with Crippen molar-refractivity contribution in [1.82, 2.24) is 25.0 Å². The molecule has 6 nitrogen and oxygen atoms in total. The van der Waals surface area contributed by atoms with Crippen LogP contribution in [0.1, 0.15) is 57.1 Å². The van der Waals surface area contributed by atoms with Crippen LogP contribution in [0.3, 0.4) is 0 Å². The smallest absolute Gasteiger partial charge is 0.317 e. The summed E-state index contributed by atoms with van der Waals surface area (Å²) in [6.07, 6.45) is 11.5. The predicted octanol–water partition coefficient (Wildman–Crippen LogP) is 4.88. The molecule has 1 atom stereocenters. The van der Waals surface area contributed by atoms with Gasteiger partial charge < -0.3 is 10.2 Å². The molecule has 33 heavy (non-hydrogen) atoms. The molecule has 1 saturated heterocycles. The third-order valence-corrected chi connectivity index (χ3v) is 9.14. The van der Waals surface area contributed by atoms with E-state index in [4.69, 9.17) is 5.10 Å². The molecule has 1 spiro atoms. The fourth-order valence-electron chi connectivity index (χ4n) is 6.72. The molecule has 170 valence electrons. The van der Waals surface area contributed by atoms with E-state index in [0.717, 1.165) is 67.5 Å². The van der Waals surface area contributed by atoms with E-state index in [0.29, 0.717) is 5.92 Å². The Kier molecular flexibility index (Phi) is 4.18. The summed E-state index contributed by atoms with van der Waals surface area (Å²) >= 11 is 0. The van der Waals surface area contributed by atoms with Crippen molar-refractivity contribution in [3.05, 3.63) is 48.3 Å². The quantitative estimate of drug-likeness (QED) is 0.630. The van der Waals surface area contributed by atoms with Gasteiger partial charge in [0.05, 0.1) is 11.2 Å². The van der Waals surface area contributed by atoms with Crippen molar-refractivity contribution in [3.8, 4) is 11.3 Å². The fourth-order valence-corrected chi connectivity index (χ4v) is 6.72. The molecule has 2 aliphatic heterocycles. The monoisotopic (exact) mass is 441 g/mol. The van der Waals surface area contributed by atoms with E-state index in [1.54, 1.807) is 0 Å². The molecule has 2 saturated carbocycles. The molecule has 2 amide bonds. The van der Waals surface area contributed by atoms with Gasteiger partial charge in [-0.1, -0.05) is 24.6 Å². The largest absolute Gasteiger partial charge is 0.332 e. The van der Waals surface area contributed by atoms with Crippen LogP contribution in [0.2, 0.25) is 0 Å². The van der Waals surface area contributed by atoms with Gasteiger partial charge in [-0.25, -0.2) is 4.79 Å². The molecule has 6 heteroatoms. The van der Waals surface area contributed by atoms with Gasteiger partial charge in [0.15, 0.2) is 0 Å². The van der Waals surface area contributed by atoms with Crippen molar-refractivity contribution in [1.29, 1.82) is 0 Å². The number of pyridine rings is 1. The molecular weight excluding hydrogens is 410 g/mol. The SMILES string of the molecule is O=C(NC1(C2CCC2)CCC1)N1CCC2(CCn3nc(-c4cnc5ccccc5c4)cc32)C1. The number of rotatable bonds is 3. The number of nitrogens with zero attached hydrogens (tertiary/aromatic N) is 4. The lowest BCUT2D eigenvalue weighted by molar-refractivity contribution is 0.0549. The van der Waals surface area contributed by atoms with Crippen molar-refractivity contribution < 1.29 is 4.79 Å². The van der Waals surface area contributed by atoms with Crippen LogP contribution in [0.5, 0.6) is 0 Å². The summed E-state index contributed by atoms with van der Waals surface area (Å²) in [7, 11) is 0. The molecule has 4 aliphatic rings. The summed E-state index contributed by atoms with van der Waals surface area (Å²) < 4.78 is 2.17. The number of aryl methyl sites for hydroxylation is 1. The second kappa shape index (κ2) is 7.05. The number of likely N-dealkylation sites (tertiary alicyclic amines) is 1. The highest BCUT2D eigenvalue weighted by Crippen LogP contribution is 2.48. The number of benzene rings is 1. The lowest BCUT2D eigenvalue weighted by Gasteiger charge is -2.52. The molecular formula is C27H31N5O.